The molecule has 0 spiro atoms. The number of hydrogen-bond acceptors (Lipinski definition) is 4. The van der Waals surface area contributed by atoms with Crippen molar-refractivity contribution < 1.29 is 4.42 Å². The Balaban J connectivity index is 1.38. The lowest BCUT2D eigenvalue weighted by molar-refractivity contribution is -0.0182. The van der Waals surface area contributed by atoms with Crippen LogP contribution >= 0.6 is 0 Å². The Kier molecular flexibility index (Phi) is 2.38. The van der Waals surface area contributed by atoms with E-state index in [9.17, 15) is 0 Å². The van der Waals surface area contributed by atoms with Gasteiger partial charge in [0.05, 0.1) is 6.54 Å². The van der Waals surface area contributed by atoms with E-state index in [0.717, 1.165) is 36.1 Å². The summed E-state index contributed by atoms with van der Waals surface area (Å²) < 4.78 is 6.06. The monoisotopic (exact) mass is 273 g/mol. The first-order chi connectivity index (χ1) is 9.79. The smallest absolute Gasteiger partial charge is 0.230 e. The second kappa shape index (κ2) is 4.06. The highest BCUT2D eigenvalue weighted by Crippen LogP contribution is 2.60. The van der Waals surface area contributed by atoms with E-state index >= 15 is 0 Å². The lowest BCUT2D eigenvalue weighted by atomic mass is 9.49. The third-order valence-corrected chi connectivity index (χ3v) is 6.08. The molecule has 5 fully saturated rings. The molecule has 6 rings (SSSR count). The zero-order valence-corrected chi connectivity index (χ0v) is 12.0. The fourth-order valence-corrected chi connectivity index (χ4v) is 5.43. The topological polar surface area (TPSA) is 51.0 Å². The molecule has 0 aromatic carbocycles. The summed E-state index contributed by atoms with van der Waals surface area (Å²) in [5.74, 6) is 4.55. The van der Waals surface area contributed by atoms with Crippen molar-refractivity contribution in [2.75, 3.05) is 0 Å². The van der Waals surface area contributed by atoms with Crippen LogP contribution in [0.5, 0.6) is 0 Å². The van der Waals surface area contributed by atoms with E-state index in [0.29, 0.717) is 6.04 Å². The van der Waals surface area contributed by atoms with Gasteiger partial charge in [-0.2, -0.15) is 0 Å². The molecular weight excluding hydrogens is 250 g/mol. The summed E-state index contributed by atoms with van der Waals surface area (Å²) in [7, 11) is 0. The van der Waals surface area contributed by atoms with Crippen LogP contribution in [0, 0.1) is 17.8 Å². The van der Waals surface area contributed by atoms with Gasteiger partial charge in [-0.15, -0.1) is 10.2 Å². The van der Waals surface area contributed by atoms with E-state index in [4.69, 9.17) is 4.42 Å². The van der Waals surface area contributed by atoms with Crippen LogP contribution in [0.2, 0.25) is 0 Å². The molecule has 4 bridgehead atoms. The summed E-state index contributed by atoms with van der Waals surface area (Å²) in [6, 6.07) is 0.699. The van der Waals surface area contributed by atoms with Crippen LogP contribution in [0.1, 0.15) is 63.1 Å². The van der Waals surface area contributed by atoms with E-state index in [1.54, 1.807) is 0 Å². The van der Waals surface area contributed by atoms with Gasteiger partial charge < -0.3 is 9.73 Å². The van der Waals surface area contributed by atoms with Crippen molar-refractivity contribution in [3.05, 3.63) is 11.8 Å². The van der Waals surface area contributed by atoms with Crippen LogP contribution in [0.3, 0.4) is 0 Å². The second-order valence-electron chi connectivity index (χ2n) is 7.85. The first kappa shape index (κ1) is 11.7. The molecule has 5 saturated carbocycles. The van der Waals surface area contributed by atoms with Crippen LogP contribution in [-0.4, -0.2) is 16.2 Å². The molecule has 0 saturated heterocycles. The predicted molar refractivity (Wildman–Crippen MR) is 74.0 cm³/mol. The highest BCUT2D eigenvalue weighted by molar-refractivity contribution is 5.14. The van der Waals surface area contributed by atoms with Gasteiger partial charge in [-0.05, 0) is 69.1 Å². The molecule has 108 valence electrons. The number of aromatic nitrogens is 2. The zero-order valence-electron chi connectivity index (χ0n) is 12.0. The third kappa shape index (κ3) is 1.84. The van der Waals surface area contributed by atoms with Crippen molar-refractivity contribution in [2.24, 2.45) is 17.8 Å². The van der Waals surface area contributed by atoms with Gasteiger partial charge in [-0.1, -0.05) is 0 Å². The minimum Gasteiger partial charge on any atom is -0.423 e. The SMILES string of the molecule is C(NC1CC1)c1nnc(C23CC4CC(CC(C4)C2)C3)o1. The summed E-state index contributed by atoms with van der Waals surface area (Å²) in [5.41, 5.74) is 0.250. The average molecular weight is 273 g/mol. The molecule has 0 unspecified atom stereocenters. The van der Waals surface area contributed by atoms with E-state index < -0.39 is 0 Å². The Morgan fingerprint density at radius 1 is 1.00 bits per heavy atom. The van der Waals surface area contributed by atoms with Gasteiger partial charge in [-0.3, -0.25) is 0 Å². The Morgan fingerprint density at radius 2 is 1.65 bits per heavy atom. The fraction of sp³-hybridized carbons (Fsp3) is 0.875. The molecule has 1 aromatic heterocycles. The van der Waals surface area contributed by atoms with E-state index in [1.807, 2.05) is 0 Å². The van der Waals surface area contributed by atoms with Gasteiger partial charge in [0.1, 0.15) is 0 Å². The van der Waals surface area contributed by atoms with Crippen molar-refractivity contribution >= 4 is 0 Å². The van der Waals surface area contributed by atoms with Gasteiger partial charge in [0.25, 0.3) is 0 Å². The molecule has 5 aliphatic carbocycles. The molecule has 1 aromatic rings. The van der Waals surface area contributed by atoms with Gasteiger partial charge >= 0.3 is 0 Å². The van der Waals surface area contributed by atoms with Crippen LogP contribution in [0.25, 0.3) is 0 Å². The highest BCUT2D eigenvalue weighted by Gasteiger charge is 2.54. The first-order valence-corrected chi connectivity index (χ1v) is 8.35. The molecule has 20 heavy (non-hydrogen) atoms. The first-order valence-electron chi connectivity index (χ1n) is 8.35. The van der Waals surface area contributed by atoms with Crippen molar-refractivity contribution in [1.29, 1.82) is 0 Å². The average Bonchev–Trinajstić information content (AvgIpc) is 3.11. The van der Waals surface area contributed by atoms with Crippen molar-refractivity contribution in [3.63, 3.8) is 0 Å². The maximum atomic E-state index is 6.06. The number of hydrogen-bond donors (Lipinski definition) is 1. The van der Waals surface area contributed by atoms with Crippen LogP contribution in [-0.2, 0) is 12.0 Å². The van der Waals surface area contributed by atoms with E-state index in [2.05, 4.69) is 15.5 Å². The quantitative estimate of drug-likeness (QED) is 0.916. The third-order valence-electron chi connectivity index (χ3n) is 6.08. The molecule has 0 amide bonds. The minimum atomic E-state index is 0.250. The number of nitrogens with one attached hydrogen (secondary N) is 1. The van der Waals surface area contributed by atoms with Crippen LogP contribution in [0.4, 0.5) is 0 Å². The van der Waals surface area contributed by atoms with Gasteiger partial charge in [0.2, 0.25) is 11.8 Å². The Labute approximate surface area is 119 Å². The molecule has 4 heteroatoms. The summed E-state index contributed by atoms with van der Waals surface area (Å²) in [6.45, 7) is 0.754. The summed E-state index contributed by atoms with van der Waals surface area (Å²) in [5, 5.41) is 12.2. The second-order valence-corrected chi connectivity index (χ2v) is 7.85. The lowest BCUT2D eigenvalue weighted by Crippen LogP contribution is -2.48. The summed E-state index contributed by atoms with van der Waals surface area (Å²) >= 11 is 0. The fourth-order valence-electron chi connectivity index (χ4n) is 5.43. The zero-order chi connectivity index (χ0) is 13.2. The Bertz CT molecular complexity index is 484. The van der Waals surface area contributed by atoms with Gasteiger partial charge in [0.15, 0.2) is 0 Å². The van der Waals surface area contributed by atoms with E-state index in [1.165, 1.54) is 51.4 Å². The maximum Gasteiger partial charge on any atom is 0.230 e. The molecule has 4 nitrogen and oxygen atoms in total. The number of rotatable bonds is 4. The summed E-state index contributed by atoms with van der Waals surface area (Å²) in [6.07, 6.45) is 10.9. The van der Waals surface area contributed by atoms with Crippen molar-refractivity contribution in [3.8, 4) is 0 Å². The molecule has 1 heterocycles. The van der Waals surface area contributed by atoms with Crippen molar-refractivity contribution in [2.45, 2.75) is 69.4 Å². The number of nitrogens with zero attached hydrogens (tertiary/aromatic N) is 2. The Hall–Kier alpha value is -0.900. The largest absolute Gasteiger partial charge is 0.423 e. The Morgan fingerprint density at radius 3 is 2.25 bits per heavy atom. The summed E-state index contributed by atoms with van der Waals surface area (Å²) in [4.78, 5) is 0. The standard InChI is InChI=1S/C16H23N3O/c1-2-13(1)17-9-14-18-19-15(20-14)16-6-10-3-11(7-16)5-12(4-10)8-16/h10-13,17H,1-9H2. The molecular formula is C16H23N3O. The maximum absolute atomic E-state index is 6.06. The minimum absolute atomic E-state index is 0.250. The van der Waals surface area contributed by atoms with Crippen molar-refractivity contribution in [1.82, 2.24) is 15.5 Å². The van der Waals surface area contributed by atoms with Gasteiger partial charge in [0, 0.05) is 11.5 Å². The van der Waals surface area contributed by atoms with E-state index in [-0.39, 0.29) is 5.41 Å². The molecule has 5 aliphatic rings. The lowest BCUT2D eigenvalue weighted by Gasteiger charge is -2.55. The highest BCUT2D eigenvalue weighted by atomic mass is 16.4. The molecule has 0 aliphatic heterocycles. The van der Waals surface area contributed by atoms with Crippen LogP contribution in [0.15, 0.2) is 4.42 Å². The molecule has 0 atom stereocenters. The normalized spacial score (nSPS) is 42.3. The predicted octanol–water partition coefficient (Wildman–Crippen LogP) is 2.79. The molecule has 1 N–H and O–H groups in total. The molecule has 0 radical (unpaired) electrons. The van der Waals surface area contributed by atoms with Crippen LogP contribution < -0.4 is 5.32 Å². The van der Waals surface area contributed by atoms with Gasteiger partial charge in [-0.25, -0.2) is 0 Å².